The van der Waals surface area contributed by atoms with Crippen molar-refractivity contribution >= 4 is 17.5 Å². The van der Waals surface area contributed by atoms with E-state index >= 15 is 0 Å². The summed E-state index contributed by atoms with van der Waals surface area (Å²) in [7, 11) is 0. The van der Waals surface area contributed by atoms with E-state index < -0.39 is 11.5 Å². The summed E-state index contributed by atoms with van der Waals surface area (Å²) in [6.45, 7) is 10.3. The van der Waals surface area contributed by atoms with Crippen LogP contribution in [0.15, 0.2) is 29.7 Å². The molecule has 1 aliphatic rings. The number of carbonyl (C=O) groups excluding carboxylic acids is 1. The molecule has 0 saturated heterocycles. The summed E-state index contributed by atoms with van der Waals surface area (Å²) < 4.78 is 5.48. The van der Waals surface area contributed by atoms with E-state index in [2.05, 4.69) is 26.1 Å². The molecule has 25 heavy (non-hydrogen) atoms. The number of fused-ring (bicyclic) bond motifs is 1. The van der Waals surface area contributed by atoms with E-state index in [4.69, 9.17) is 22.1 Å². The van der Waals surface area contributed by atoms with E-state index in [1.807, 2.05) is 19.9 Å². The predicted molar refractivity (Wildman–Crippen MR) is 97.9 cm³/mol. The van der Waals surface area contributed by atoms with E-state index in [1.165, 1.54) is 0 Å². The number of benzene rings is 1. The number of amides is 1. The zero-order valence-corrected chi connectivity index (χ0v) is 16.0. The average Bonchev–Trinajstić information content (AvgIpc) is 2.42. The first kappa shape index (κ1) is 19.1. The Morgan fingerprint density at radius 3 is 2.56 bits per heavy atom. The number of nitrogens with two attached hydrogens (primary N) is 1. The van der Waals surface area contributed by atoms with Gasteiger partial charge in [0.25, 0.3) is 0 Å². The van der Waals surface area contributed by atoms with Gasteiger partial charge in [-0.15, -0.1) is 0 Å². The Labute approximate surface area is 153 Å². The van der Waals surface area contributed by atoms with Gasteiger partial charge in [0.1, 0.15) is 23.3 Å². The Morgan fingerprint density at radius 1 is 1.36 bits per heavy atom. The number of halogens is 1. The molecule has 134 valence electrons. The molecular formula is C19H24ClN3O2. The normalized spacial score (nSPS) is 17.4. The lowest BCUT2D eigenvalue weighted by Crippen LogP contribution is -2.48. The van der Waals surface area contributed by atoms with E-state index in [-0.39, 0.29) is 22.8 Å². The number of nitriles is 1. The summed E-state index contributed by atoms with van der Waals surface area (Å²) in [6, 6.07) is 6.95. The second-order valence-corrected chi connectivity index (χ2v) is 8.65. The van der Waals surface area contributed by atoms with Crippen LogP contribution in [0.4, 0.5) is 0 Å². The Bertz CT molecular complexity index is 770. The first-order valence-electron chi connectivity index (χ1n) is 8.12. The van der Waals surface area contributed by atoms with Crippen LogP contribution in [-0.4, -0.2) is 11.4 Å². The van der Waals surface area contributed by atoms with Crippen molar-refractivity contribution in [2.75, 3.05) is 0 Å². The highest BCUT2D eigenvalue weighted by molar-refractivity contribution is 6.30. The molecule has 1 amide bonds. The monoisotopic (exact) mass is 361 g/mol. The van der Waals surface area contributed by atoms with Crippen molar-refractivity contribution < 1.29 is 9.53 Å². The lowest BCUT2D eigenvalue weighted by Gasteiger charge is -2.35. The van der Waals surface area contributed by atoms with Crippen molar-refractivity contribution in [3.05, 3.63) is 40.2 Å². The maximum Gasteiger partial charge on any atom is 0.233 e. The van der Waals surface area contributed by atoms with Crippen molar-refractivity contribution in [2.45, 2.75) is 52.5 Å². The fourth-order valence-electron chi connectivity index (χ4n) is 3.48. The molecule has 6 heteroatoms. The van der Waals surface area contributed by atoms with Gasteiger partial charge in [-0.05, 0) is 43.9 Å². The first-order valence-corrected chi connectivity index (χ1v) is 8.50. The van der Waals surface area contributed by atoms with E-state index in [0.717, 1.165) is 6.42 Å². The molecule has 0 fully saturated rings. The topological polar surface area (TPSA) is 88.1 Å². The summed E-state index contributed by atoms with van der Waals surface area (Å²) in [6.07, 6.45) is 0.776. The molecule has 1 atom stereocenters. The molecule has 1 aromatic carbocycles. The summed E-state index contributed by atoms with van der Waals surface area (Å²) in [5, 5.41) is 13.0. The highest BCUT2D eigenvalue weighted by atomic mass is 35.5. The van der Waals surface area contributed by atoms with Gasteiger partial charge in [0, 0.05) is 16.1 Å². The molecule has 3 N–H and O–H groups in total. The molecule has 0 saturated carbocycles. The molecule has 0 bridgehead atoms. The number of hydrogen-bond acceptors (Lipinski definition) is 4. The number of rotatable bonds is 3. The van der Waals surface area contributed by atoms with E-state index in [9.17, 15) is 10.1 Å². The van der Waals surface area contributed by atoms with Crippen LogP contribution in [-0.2, 0) is 4.79 Å². The first-order chi connectivity index (χ1) is 11.4. The van der Waals surface area contributed by atoms with Gasteiger partial charge in [0.2, 0.25) is 11.8 Å². The van der Waals surface area contributed by atoms with Gasteiger partial charge in [-0.1, -0.05) is 32.4 Å². The molecule has 1 unspecified atom stereocenters. The van der Waals surface area contributed by atoms with Gasteiger partial charge < -0.3 is 15.8 Å². The minimum absolute atomic E-state index is 0.0423. The summed E-state index contributed by atoms with van der Waals surface area (Å²) in [5.41, 5.74) is 6.10. The van der Waals surface area contributed by atoms with Crippen LogP contribution in [0.3, 0.4) is 0 Å². The van der Waals surface area contributed by atoms with Gasteiger partial charge in [-0.25, -0.2) is 0 Å². The minimum Gasteiger partial charge on any atom is -0.440 e. The van der Waals surface area contributed by atoms with Crippen molar-refractivity contribution in [2.24, 2.45) is 11.1 Å². The van der Waals surface area contributed by atoms with Gasteiger partial charge in [0.05, 0.1) is 0 Å². The zero-order chi connectivity index (χ0) is 19.0. The Balaban J connectivity index is 2.40. The van der Waals surface area contributed by atoms with Crippen LogP contribution in [0, 0.1) is 16.7 Å². The third kappa shape index (κ3) is 4.46. The third-order valence-corrected chi connectivity index (χ3v) is 4.11. The minimum atomic E-state index is -0.841. The van der Waals surface area contributed by atoms with Crippen LogP contribution in [0.25, 0.3) is 0 Å². The molecule has 1 aromatic rings. The van der Waals surface area contributed by atoms with Crippen molar-refractivity contribution in [3.8, 4) is 11.8 Å². The van der Waals surface area contributed by atoms with Crippen LogP contribution in [0.1, 0.15) is 52.5 Å². The highest BCUT2D eigenvalue weighted by Crippen LogP contribution is 2.40. The molecule has 5 nitrogen and oxygen atoms in total. The van der Waals surface area contributed by atoms with Crippen LogP contribution < -0.4 is 15.8 Å². The van der Waals surface area contributed by atoms with Gasteiger partial charge in [-0.3, -0.25) is 4.79 Å². The van der Waals surface area contributed by atoms with Gasteiger partial charge >= 0.3 is 0 Å². The smallest absolute Gasteiger partial charge is 0.233 e. The molecule has 0 aromatic heterocycles. The van der Waals surface area contributed by atoms with Crippen LogP contribution >= 0.6 is 11.6 Å². The second-order valence-electron chi connectivity index (χ2n) is 8.22. The molecule has 0 aliphatic carbocycles. The standard InChI is InChI=1S/C19H24ClN3O2/c1-18(2,3)10-19(4,5)23-17(24)15-12-8-11(20)6-7-14(12)25-16(22)13(15)9-21/h6-8,15H,10,22H2,1-5H3,(H,23,24). The fraction of sp³-hybridized carbons (Fsp3) is 0.474. The quantitative estimate of drug-likeness (QED) is 0.856. The average molecular weight is 362 g/mol. The molecule has 1 heterocycles. The molecular weight excluding hydrogens is 338 g/mol. The molecule has 2 rings (SSSR count). The molecule has 0 radical (unpaired) electrons. The third-order valence-electron chi connectivity index (χ3n) is 3.87. The van der Waals surface area contributed by atoms with Crippen LogP contribution in [0.2, 0.25) is 5.02 Å². The van der Waals surface area contributed by atoms with Crippen molar-refractivity contribution in [1.29, 1.82) is 5.26 Å². The maximum absolute atomic E-state index is 13.0. The van der Waals surface area contributed by atoms with E-state index in [1.54, 1.807) is 18.2 Å². The summed E-state index contributed by atoms with van der Waals surface area (Å²) in [4.78, 5) is 13.0. The number of hydrogen-bond donors (Lipinski definition) is 2. The lowest BCUT2D eigenvalue weighted by atomic mass is 9.81. The van der Waals surface area contributed by atoms with Crippen LogP contribution in [0.5, 0.6) is 5.75 Å². The molecule has 1 aliphatic heterocycles. The molecule has 0 spiro atoms. The number of carbonyl (C=O) groups is 1. The van der Waals surface area contributed by atoms with Gasteiger partial charge in [0.15, 0.2) is 0 Å². The SMILES string of the molecule is CC(C)(C)CC(C)(C)NC(=O)C1C(C#N)=C(N)Oc2ccc(Cl)cc21. The number of nitrogens with one attached hydrogen (secondary N) is 1. The highest BCUT2D eigenvalue weighted by Gasteiger charge is 2.37. The summed E-state index contributed by atoms with van der Waals surface area (Å²) >= 11 is 6.08. The fourth-order valence-corrected chi connectivity index (χ4v) is 3.66. The lowest BCUT2D eigenvalue weighted by molar-refractivity contribution is -0.123. The zero-order valence-electron chi connectivity index (χ0n) is 15.2. The van der Waals surface area contributed by atoms with Crippen molar-refractivity contribution in [3.63, 3.8) is 0 Å². The van der Waals surface area contributed by atoms with E-state index in [0.29, 0.717) is 16.3 Å². The predicted octanol–water partition coefficient (Wildman–Crippen LogP) is 3.84. The number of nitrogens with zero attached hydrogens (tertiary/aromatic N) is 1. The summed E-state index contributed by atoms with van der Waals surface area (Å²) in [5.74, 6) is -0.743. The Hall–Kier alpha value is -2.19. The van der Waals surface area contributed by atoms with Crippen molar-refractivity contribution in [1.82, 2.24) is 5.32 Å². The number of ether oxygens (including phenoxy) is 1. The largest absolute Gasteiger partial charge is 0.440 e. The maximum atomic E-state index is 13.0. The second kappa shape index (κ2) is 6.61. The Morgan fingerprint density at radius 2 is 2.00 bits per heavy atom. The Kier molecular flexibility index (Phi) is 5.06. The van der Waals surface area contributed by atoms with Gasteiger partial charge in [-0.2, -0.15) is 5.26 Å².